The van der Waals surface area contributed by atoms with Gasteiger partial charge in [0.2, 0.25) is 0 Å². The second-order valence-electron chi connectivity index (χ2n) is 6.08. The smallest absolute Gasteiger partial charge is 0.154 e. The normalized spacial score (nSPS) is 14.5. The minimum Gasteiger partial charge on any atom is -0.264 e. The van der Waals surface area contributed by atoms with Crippen LogP contribution in [0.25, 0.3) is 11.1 Å². The molecule has 0 radical (unpaired) electrons. The van der Waals surface area contributed by atoms with Crippen molar-refractivity contribution in [2.75, 3.05) is 0 Å². The van der Waals surface area contributed by atoms with Gasteiger partial charge in [0.1, 0.15) is 12.4 Å². The van der Waals surface area contributed by atoms with Gasteiger partial charge in [0.25, 0.3) is 0 Å². The van der Waals surface area contributed by atoms with E-state index < -0.39 is 0 Å². The molecule has 22 heavy (non-hydrogen) atoms. The van der Waals surface area contributed by atoms with Crippen LogP contribution in [0.3, 0.4) is 0 Å². The molecule has 0 N–H and O–H groups in total. The highest BCUT2D eigenvalue weighted by Gasteiger charge is 2.28. The maximum absolute atomic E-state index is 4.65. The van der Waals surface area contributed by atoms with Crippen molar-refractivity contribution in [3.63, 3.8) is 0 Å². The van der Waals surface area contributed by atoms with Crippen LogP contribution >= 0.6 is 0 Å². The van der Waals surface area contributed by atoms with Crippen molar-refractivity contribution in [1.29, 1.82) is 0 Å². The summed E-state index contributed by atoms with van der Waals surface area (Å²) in [7, 11) is 1.96. The molecule has 0 spiro atoms. The Morgan fingerprint density at radius 3 is 2.64 bits per heavy atom. The molecule has 5 nitrogen and oxygen atoms in total. The van der Waals surface area contributed by atoms with Crippen LogP contribution in [0.5, 0.6) is 0 Å². The molecular formula is C17H19N5. The lowest BCUT2D eigenvalue weighted by atomic mass is 10.1. The summed E-state index contributed by atoms with van der Waals surface area (Å²) >= 11 is 0. The van der Waals surface area contributed by atoms with E-state index in [0.717, 1.165) is 17.2 Å². The number of aryl methyl sites for hydroxylation is 2. The van der Waals surface area contributed by atoms with Gasteiger partial charge in [-0.1, -0.05) is 29.8 Å². The molecule has 1 aliphatic rings. The second kappa shape index (κ2) is 5.09. The molecule has 0 unspecified atom stereocenters. The molecule has 2 heterocycles. The monoisotopic (exact) mass is 293 g/mol. The summed E-state index contributed by atoms with van der Waals surface area (Å²) in [6.07, 6.45) is 6.42. The molecule has 0 atom stereocenters. The van der Waals surface area contributed by atoms with Gasteiger partial charge in [-0.25, -0.2) is 4.98 Å². The third-order valence-electron chi connectivity index (χ3n) is 4.13. The topological polar surface area (TPSA) is 48.5 Å². The summed E-state index contributed by atoms with van der Waals surface area (Å²) in [5.41, 5.74) is 3.58. The molecule has 0 amide bonds. The Bertz CT molecular complexity index is 793. The first kappa shape index (κ1) is 13.2. The van der Waals surface area contributed by atoms with Crippen LogP contribution in [0.15, 0.2) is 36.7 Å². The second-order valence-corrected chi connectivity index (χ2v) is 6.08. The van der Waals surface area contributed by atoms with Crippen LogP contribution in [0, 0.1) is 6.92 Å². The Hall–Kier alpha value is -2.43. The summed E-state index contributed by atoms with van der Waals surface area (Å²) in [5.74, 6) is 2.53. The van der Waals surface area contributed by atoms with E-state index in [1.807, 2.05) is 22.6 Å². The quantitative estimate of drug-likeness (QED) is 0.743. The lowest BCUT2D eigenvalue weighted by Gasteiger charge is -2.00. The number of hydrogen-bond donors (Lipinski definition) is 0. The molecule has 5 heteroatoms. The summed E-state index contributed by atoms with van der Waals surface area (Å²) < 4.78 is 3.80. The fraction of sp³-hybridized carbons (Fsp3) is 0.353. The molecule has 2 aromatic heterocycles. The SMILES string of the molecule is Cc1ccc(-c2cnn(Cc3nc(C4CC4)nn3C)c2)cc1. The van der Waals surface area contributed by atoms with Gasteiger partial charge in [-0.05, 0) is 25.3 Å². The van der Waals surface area contributed by atoms with E-state index in [9.17, 15) is 0 Å². The van der Waals surface area contributed by atoms with Gasteiger partial charge < -0.3 is 0 Å². The Morgan fingerprint density at radius 1 is 1.14 bits per heavy atom. The van der Waals surface area contributed by atoms with Crippen molar-refractivity contribution in [2.45, 2.75) is 32.2 Å². The van der Waals surface area contributed by atoms with Crippen LogP contribution in [0.1, 0.15) is 36.0 Å². The van der Waals surface area contributed by atoms with Crippen molar-refractivity contribution >= 4 is 0 Å². The molecule has 0 saturated heterocycles. The van der Waals surface area contributed by atoms with Gasteiger partial charge in [0.05, 0.1) is 6.20 Å². The van der Waals surface area contributed by atoms with Gasteiger partial charge in [-0.15, -0.1) is 0 Å². The zero-order valence-corrected chi connectivity index (χ0v) is 12.9. The van der Waals surface area contributed by atoms with E-state index in [1.165, 1.54) is 24.0 Å². The highest BCUT2D eigenvalue weighted by Crippen LogP contribution is 2.38. The molecule has 4 rings (SSSR count). The largest absolute Gasteiger partial charge is 0.264 e. The minimum atomic E-state index is 0.584. The lowest BCUT2D eigenvalue weighted by molar-refractivity contribution is 0.607. The van der Waals surface area contributed by atoms with Crippen molar-refractivity contribution in [2.24, 2.45) is 7.05 Å². The van der Waals surface area contributed by atoms with Gasteiger partial charge in [0.15, 0.2) is 5.82 Å². The Morgan fingerprint density at radius 2 is 1.91 bits per heavy atom. The third-order valence-corrected chi connectivity index (χ3v) is 4.13. The summed E-state index contributed by atoms with van der Waals surface area (Å²) in [6.45, 7) is 2.75. The molecule has 3 aromatic rings. The zero-order chi connectivity index (χ0) is 15.1. The van der Waals surface area contributed by atoms with E-state index >= 15 is 0 Å². The molecule has 1 aliphatic carbocycles. The van der Waals surface area contributed by atoms with Gasteiger partial charge in [0, 0.05) is 24.7 Å². The predicted molar refractivity (Wildman–Crippen MR) is 84.5 cm³/mol. The van der Waals surface area contributed by atoms with Crippen molar-refractivity contribution < 1.29 is 0 Å². The van der Waals surface area contributed by atoms with Gasteiger partial charge in [-0.3, -0.25) is 9.36 Å². The molecule has 1 aromatic carbocycles. The van der Waals surface area contributed by atoms with Crippen molar-refractivity contribution in [3.05, 3.63) is 53.9 Å². The molecule has 1 saturated carbocycles. The predicted octanol–water partition coefficient (Wildman–Crippen LogP) is 2.91. The zero-order valence-electron chi connectivity index (χ0n) is 12.9. The van der Waals surface area contributed by atoms with Crippen LogP contribution in [0.2, 0.25) is 0 Å². The van der Waals surface area contributed by atoms with E-state index in [1.54, 1.807) is 0 Å². The lowest BCUT2D eigenvalue weighted by Crippen LogP contribution is -2.06. The molecule has 0 aliphatic heterocycles. The van der Waals surface area contributed by atoms with Crippen LogP contribution in [0.4, 0.5) is 0 Å². The number of benzene rings is 1. The van der Waals surface area contributed by atoms with E-state index in [2.05, 4.69) is 52.6 Å². The van der Waals surface area contributed by atoms with Gasteiger partial charge >= 0.3 is 0 Å². The maximum Gasteiger partial charge on any atom is 0.154 e. The van der Waals surface area contributed by atoms with E-state index in [-0.39, 0.29) is 0 Å². The average molecular weight is 293 g/mol. The highest BCUT2D eigenvalue weighted by atomic mass is 15.4. The maximum atomic E-state index is 4.65. The Balaban J connectivity index is 1.55. The number of nitrogens with zero attached hydrogens (tertiary/aromatic N) is 5. The number of hydrogen-bond acceptors (Lipinski definition) is 3. The fourth-order valence-corrected chi connectivity index (χ4v) is 2.58. The molecular weight excluding hydrogens is 274 g/mol. The van der Waals surface area contributed by atoms with Crippen molar-refractivity contribution in [3.8, 4) is 11.1 Å². The third kappa shape index (κ3) is 2.54. The van der Waals surface area contributed by atoms with Crippen LogP contribution in [-0.4, -0.2) is 24.5 Å². The standard InChI is InChI=1S/C17H19N5/c1-12-3-5-13(6-4-12)15-9-18-22(10-15)11-16-19-17(14-7-8-14)20-21(16)2/h3-6,9-10,14H,7-8,11H2,1-2H3. The van der Waals surface area contributed by atoms with E-state index in [4.69, 9.17) is 0 Å². The first-order valence-electron chi connectivity index (χ1n) is 7.68. The summed E-state index contributed by atoms with van der Waals surface area (Å²) in [6, 6.07) is 8.50. The minimum absolute atomic E-state index is 0.584. The van der Waals surface area contributed by atoms with Crippen molar-refractivity contribution in [1.82, 2.24) is 24.5 Å². The number of rotatable bonds is 4. The molecule has 112 valence electrons. The van der Waals surface area contributed by atoms with Gasteiger partial charge in [-0.2, -0.15) is 10.2 Å². The summed E-state index contributed by atoms with van der Waals surface area (Å²) in [4.78, 5) is 4.65. The Labute approximate surface area is 129 Å². The van der Waals surface area contributed by atoms with Crippen LogP contribution < -0.4 is 0 Å². The number of aromatic nitrogens is 5. The van der Waals surface area contributed by atoms with Crippen LogP contribution in [-0.2, 0) is 13.6 Å². The highest BCUT2D eigenvalue weighted by molar-refractivity contribution is 5.61. The molecule has 0 bridgehead atoms. The summed E-state index contributed by atoms with van der Waals surface area (Å²) in [5, 5.41) is 8.96. The first-order chi connectivity index (χ1) is 10.7. The first-order valence-corrected chi connectivity index (χ1v) is 7.68. The Kier molecular flexibility index (Phi) is 3.06. The average Bonchev–Trinajstić information content (AvgIpc) is 3.16. The van der Waals surface area contributed by atoms with E-state index in [0.29, 0.717) is 12.5 Å². The molecule has 1 fully saturated rings. The fourth-order valence-electron chi connectivity index (χ4n) is 2.58.